The monoisotopic (exact) mass is 267 g/mol. The zero-order chi connectivity index (χ0) is 13.0. The zero-order valence-electron chi connectivity index (χ0n) is 11.7. The predicted octanol–water partition coefficient (Wildman–Crippen LogP) is 3.91. The summed E-state index contributed by atoms with van der Waals surface area (Å²) in [5, 5.41) is 5.85. The molecule has 3 heteroatoms. The molecule has 0 amide bonds. The molecule has 18 heavy (non-hydrogen) atoms. The van der Waals surface area contributed by atoms with Crippen LogP contribution in [0.3, 0.4) is 0 Å². The molecule has 1 heterocycles. The number of ether oxygens (including phenoxy) is 1. The van der Waals surface area contributed by atoms with Crippen LogP contribution in [0.5, 0.6) is 0 Å². The van der Waals surface area contributed by atoms with Crippen molar-refractivity contribution in [2.75, 3.05) is 13.2 Å². The largest absolute Gasteiger partial charge is 0.378 e. The number of nitrogens with one attached hydrogen (secondary N) is 1. The molecule has 1 aromatic heterocycles. The Labute approximate surface area is 115 Å². The van der Waals surface area contributed by atoms with Crippen LogP contribution in [0.4, 0.5) is 0 Å². The molecule has 1 unspecified atom stereocenters. The molecule has 0 bridgehead atoms. The summed E-state index contributed by atoms with van der Waals surface area (Å²) >= 11 is 1.89. The Bertz CT molecular complexity index is 357. The van der Waals surface area contributed by atoms with Gasteiger partial charge >= 0.3 is 0 Å². The maximum Gasteiger partial charge on any atom is 0.0580 e. The van der Waals surface area contributed by atoms with Crippen molar-refractivity contribution in [1.82, 2.24) is 5.32 Å². The summed E-state index contributed by atoms with van der Waals surface area (Å²) in [7, 11) is 0. The van der Waals surface area contributed by atoms with E-state index in [1.807, 2.05) is 11.3 Å². The lowest BCUT2D eigenvalue weighted by atomic mass is 9.78. The number of aryl methyl sites for hydroxylation is 1. The van der Waals surface area contributed by atoms with Crippen LogP contribution in [0.15, 0.2) is 11.4 Å². The molecule has 2 nitrogen and oxygen atoms in total. The normalized spacial score (nSPS) is 24.8. The maximum absolute atomic E-state index is 5.65. The SMILES string of the molecule is CCNC(CC1CC(OCC)C1)c1sccc1C. The van der Waals surface area contributed by atoms with Crippen LogP contribution in [-0.2, 0) is 4.74 Å². The Kier molecular flexibility index (Phi) is 5.22. The minimum absolute atomic E-state index is 0.534. The third-order valence-electron chi connectivity index (χ3n) is 3.83. The first kappa shape index (κ1) is 14.0. The minimum Gasteiger partial charge on any atom is -0.378 e. The van der Waals surface area contributed by atoms with E-state index in [0.29, 0.717) is 12.1 Å². The Morgan fingerprint density at radius 2 is 2.22 bits per heavy atom. The van der Waals surface area contributed by atoms with E-state index in [1.54, 1.807) is 0 Å². The molecule has 2 rings (SSSR count). The van der Waals surface area contributed by atoms with Crippen LogP contribution in [0.1, 0.15) is 49.6 Å². The van der Waals surface area contributed by atoms with Gasteiger partial charge in [0.2, 0.25) is 0 Å². The van der Waals surface area contributed by atoms with E-state index in [1.165, 1.54) is 29.7 Å². The van der Waals surface area contributed by atoms with Gasteiger partial charge < -0.3 is 10.1 Å². The summed E-state index contributed by atoms with van der Waals surface area (Å²) in [6.45, 7) is 8.41. The van der Waals surface area contributed by atoms with Crippen molar-refractivity contribution in [1.29, 1.82) is 0 Å². The molecule has 1 fully saturated rings. The van der Waals surface area contributed by atoms with Crippen molar-refractivity contribution in [2.24, 2.45) is 5.92 Å². The Morgan fingerprint density at radius 1 is 1.44 bits per heavy atom. The van der Waals surface area contributed by atoms with Crippen LogP contribution in [0.2, 0.25) is 0 Å². The van der Waals surface area contributed by atoms with E-state index in [2.05, 4.69) is 37.5 Å². The smallest absolute Gasteiger partial charge is 0.0580 e. The second-order valence-corrected chi connectivity index (χ2v) is 6.18. The molecule has 0 aliphatic heterocycles. The number of thiophene rings is 1. The molecule has 0 aromatic carbocycles. The first-order valence-corrected chi connectivity index (χ1v) is 8.01. The highest BCUT2D eigenvalue weighted by Crippen LogP contribution is 2.38. The van der Waals surface area contributed by atoms with E-state index in [4.69, 9.17) is 4.74 Å². The van der Waals surface area contributed by atoms with Gasteiger partial charge in [0.05, 0.1) is 6.10 Å². The molecular weight excluding hydrogens is 242 g/mol. The van der Waals surface area contributed by atoms with E-state index in [0.717, 1.165) is 19.1 Å². The molecule has 1 N–H and O–H groups in total. The third kappa shape index (κ3) is 3.34. The van der Waals surface area contributed by atoms with Crippen molar-refractivity contribution in [3.8, 4) is 0 Å². The van der Waals surface area contributed by atoms with Crippen LogP contribution in [-0.4, -0.2) is 19.3 Å². The van der Waals surface area contributed by atoms with E-state index < -0.39 is 0 Å². The standard InChI is InChI=1S/C15H25NOS/c1-4-16-14(15-11(3)6-7-18-15)10-12-8-13(9-12)17-5-2/h6-7,12-14,16H,4-5,8-10H2,1-3H3. The number of rotatable bonds is 7. The molecule has 1 aliphatic rings. The van der Waals surface area contributed by atoms with Gasteiger partial charge in [-0.2, -0.15) is 0 Å². The van der Waals surface area contributed by atoms with Crippen molar-refractivity contribution in [2.45, 2.75) is 52.2 Å². The molecule has 1 saturated carbocycles. The van der Waals surface area contributed by atoms with Crippen LogP contribution in [0.25, 0.3) is 0 Å². The maximum atomic E-state index is 5.65. The second kappa shape index (κ2) is 6.69. The van der Waals surface area contributed by atoms with E-state index >= 15 is 0 Å². The van der Waals surface area contributed by atoms with Crippen LogP contribution in [0, 0.1) is 12.8 Å². The Morgan fingerprint density at radius 3 is 2.78 bits per heavy atom. The molecule has 0 saturated heterocycles. The zero-order valence-corrected chi connectivity index (χ0v) is 12.6. The van der Waals surface area contributed by atoms with Gasteiger partial charge in [0, 0.05) is 17.5 Å². The quantitative estimate of drug-likeness (QED) is 0.808. The fraction of sp³-hybridized carbons (Fsp3) is 0.733. The van der Waals surface area contributed by atoms with Gasteiger partial charge in [-0.1, -0.05) is 6.92 Å². The highest BCUT2D eigenvalue weighted by molar-refractivity contribution is 7.10. The topological polar surface area (TPSA) is 21.3 Å². The van der Waals surface area contributed by atoms with Crippen molar-refractivity contribution in [3.05, 3.63) is 21.9 Å². The number of hydrogen-bond acceptors (Lipinski definition) is 3. The van der Waals surface area contributed by atoms with Gasteiger partial charge in [-0.05, 0) is 62.6 Å². The van der Waals surface area contributed by atoms with Gasteiger partial charge in [0.25, 0.3) is 0 Å². The first-order chi connectivity index (χ1) is 8.74. The summed E-state index contributed by atoms with van der Waals surface area (Å²) < 4.78 is 5.65. The van der Waals surface area contributed by atoms with Gasteiger partial charge in [0.15, 0.2) is 0 Å². The Hall–Kier alpha value is -0.380. The van der Waals surface area contributed by atoms with Gasteiger partial charge in [0.1, 0.15) is 0 Å². The fourth-order valence-corrected chi connectivity index (χ4v) is 3.86. The average molecular weight is 267 g/mol. The Balaban J connectivity index is 1.87. The highest BCUT2D eigenvalue weighted by atomic mass is 32.1. The second-order valence-electron chi connectivity index (χ2n) is 5.23. The molecule has 1 atom stereocenters. The van der Waals surface area contributed by atoms with Crippen molar-refractivity contribution >= 4 is 11.3 Å². The van der Waals surface area contributed by atoms with Gasteiger partial charge in [-0.15, -0.1) is 11.3 Å². The summed E-state index contributed by atoms with van der Waals surface area (Å²) in [5.41, 5.74) is 1.44. The van der Waals surface area contributed by atoms with Gasteiger partial charge in [-0.25, -0.2) is 0 Å². The van der Waals surface area contributed by atoms with Crippen LogP contribution < -0.4 is 5.32 Å². The van der Waals surface area contributed by atoms with Crippen molar-refractivity contribution in [3.63, 3.8) is 0 Å². The van der Waals surface area contributed by atoms with Crippen molar-refractivity contribution < 1.29 is 4.74 Å². The first-order valence-electron chi connectivity index (χ1n) is 7.13. The average Bonchev–Trinajstić information content (AvgIpc) is 2.71. The van der Waals surface area contributed by atoms with Crippen LogP contribution >= 0.6 is 11.3 Å². The van der Waals surface area contributed by atoms with E-state index in [-0.39, 0.29) is 0 Å². The molecular formula is C15H25NOS. The minimum atomic E-state index is 0.534. The highest BCUT2D eigenvalue weighted by Gasteiger charge is 2.32. The number of hydrogen-bond donors (Lipinski definition) is 1. The molecule has 0 spiro atoms. The summed E-state index contributed by atoms with van der Waals surface area (Å²) in [6.07, 6.45) is 4.30. The predicted molar refractivity (Wildman–Crippen MR) is 78.2 cm³/mol. The summed E-state index contributed by atoms with van der Waals surface area (Å²) in [5.74, 6) is 0.840. The third-order valence-corrected chi connectivity index (χ3v) is 4.97. The molecule has 1 aliphatic carbocycles. The van der Waals surface area contributed by atoms with Gasteiger partial charge in [-0.3, -0.25) is 0 Å². The molecule has 0 radical (unpaired) electrons. The fourth-order valence-electron chi connectivity index (χ4n) is 2.84. The molecule has 1 aromatic rings. The summed E-state index contributed by atoms with van der Waals surface area (Å²) in [4.78, 5) is 1.52. The van der Waals surface area contributed by atoms with E-state index in [9.17, 15) is 0 Å². The molecule has 102 valence electrons. The lowest BCUT2D eigenvalue weighted by Gasteiger charge is -2.37. The lowest BCUT2D eigenvalue weighted by molar-refractivity contribution is -0.0290. The summed E-state index contributed by atoms with van der Waals surface area (Å²) in [6, 6.07) is 2.77. The lowest BCUT2D eigenvalue weighted by Crippen LogP contribution is -2.34.